The molecule has 6 nitrogen and oxygen atoms in total. The van der Waals surface area contributed by atoms with Gasteiger partial charge in [-0.3, -0.25) is 9.47 Å². The van der Waals surface area contributed by atoms with Gasteiger partial charge in [-0.2, -0.15) is 5.10 Å². The van der Waals surface area contributed by atoms with E-state index < -0.39 is 9.84 Å². The van der Waals surface area contributed by atoms with E-state index in [1.54, 1.807) is 22.9 Å². The van der Waals surface area contributed by atoms with E-state index in [2.05, 4.69) is 16.9 Å². The fraction of sp³-hybridized carbons (Fsp3) is 0.529. The van der Waals surface area contributed by atoms with Crippen LogP contribution in [0.1, 0.15) is 26.2 Å². The fourth-order valence-electron chi connectivity index (χ4n) is 3.21. The average molecular weight is 399 g/mol. The molecular weight excluding hydrogens is 375 g/mol. The van der Waals surface area contributed by atoms with Crippen LogP contribution in [-0.2, 0) is 16.5 Å². The molecule has 3 rings (SSSR count). The summed E-state index contributed by atoms with van der Waals surface area (Å²) < 4.78 is 41.3. The number of para-hydroxylation sites is 1. The zero-order valence-corrected chi connectivity index (χ0v) is 16.3. The third-order valence-corrected chi connectivity index (χ3v) is 6.84. The molecule has 1 aliphatic heterocycles. The summed E-state index contributed by atoms with van der Waals surface area (Å²) in [5.74, 6) is 0.0424. The van der Waals surface area contributed by atoms with E-state index in [9.17, 15) is 12.8 Å². The summed E-state index contributed by atoms with van der Waals surface area (Å²) in [6, 6.07) is 6.38. The van der Waals surface area contributed by atoms with Crippen LogP contribution in [0.3, 0.4) is 0 Å². The molecule has 26 heavy (non-hydrogen) atoms. The van der Waals surface area contributed by atoms with Crippen LogP contribution in [0.15, 0.2) is 30.6 Å². The minimum atomic E-state index is -2.96. The van der Waals surface area contributed by atoms with Crippen LogP contribution in [0.2, 0.25) is 0 Å². The first-order valence-electron chi connectivity index (χ1n) is 8.75. The Morgan fingerprint density at radius 2 is 2.15 bits per heavy atom. The summed E-state index contributed by atoms with van der Waals surface area (Å²) in [4.78, 5) is 2.13. The first-order chi connectivity index (χ1) is 12.4. The van der Waals surface area contributed by atoms with Crippen LogP contribution in [-0.4, -0.2) is 51.8 Å². The van der Waals surface area contributed by atoms with E-state index in [1.165, 1.54) is 17.0 Å². The van der Waals surface area contributed by atoms with Crippen molar-refractivity contribution in [3.63, 3.8) is 0 Å². The maximum Gasteiger partial charge on any atom is 0.203 e. The summed E-state index contributed by atoms with van der Waals surface area (Å²) in [5, 5.41) is 4.31. The van der Waals surface area contributed by atoms with Crippen molar-refractivity contribution in [1.29, 1.82) is 0 Å². The monoisotopic (exact) mass is 398 g/mol. The molecule has 1 fully saturated rings. The summed E-state index contributed by atoms with van der Waals surface area (Å²) >= 11 is 5.47. The van der Waals surface area contributed by atoms with Crippen molar-refractivity contribution in [1.82, 2.24) is 19.2 Å². The minimum absolute atomic E-state index is 0.0212. The summed E-state index contributed by atoms with van der Waals surface area (Å²) in [7, 11) is -2.96. The van der Waals surface area contributed by atoms with Gasteiger partial charge in [0, 0.05) is 12.6 Å². The van der Waals surface area contributed by atoms with E-state index >= 15 is 0 Å². The number of hydrogen-bond acceptors (Lipinski definition) is 5. The van der Waals surface area contributed by atoms with Crippen molar-refractivity contribution >= 4 is 22.1 Å². The lowest BCUT2D eigenvalue weighted by Crippen LogP contribution is -2.38. The molecule has 2 heterocycles. The first kappa shape index (κ1) is 19.2. The molecule has 1 aromatic heterocycles. The Bertz CT molecular complexity index is 923. The van der Waals surface area contributed by atoms with Gasteiger partial charge in [-0.1, -0.05) is 25.5 Å². The summed E-state index contributed by atoms with van der Waals surface area (Å²) in [6.07, 6.45) is 4.13. The molecule has 1 saturated heterocycles. The summed E-state index contributed by atoms with van der Waals surface area (Å²) in [5.41, 5.74) is 0.354. The van der Waals surface area contributed by atoms with Crippen molar-refractivity contribution < 1.29 is 12.8 Å². The van der Waals surface area contributed by atoms with Gasteiger partial charge in [-0.15, -0.1) is 0 Å². The van der Waals surface area contributed by atoms with Gasteiger partial charge in [0.15, 0.2) is 9.84 Å². The molecule has 2 aromatic rings. The maximum atomic E-state index is 14.0. The van der Waals surface area contributed by atoms with Crippen LogP contribution in [0, 0.1) is 10.6 Å². The van der Waals surface area contributed by atoms with Gasteiger partial charge in [-0.25, -0.2) is 17.5 Å². The van der Waals surface area contributed by atoms with Crippen LogP contribution in [0.5, 0.6) is 0 Å². The van der Waals surface area contributed by atoms with Crippen molar-refractivity contribution in [2.24, 2.45) is 0 Å². The molecule has 0 N–H and O–H groups in total. The maximum absolute atomic E-state index is 14.0. The molecule has 0 radical (unpaired) electrons. The fourth-order valence-corrected chi connectivity index (χ4v) is 5.22. The van der Waals surface area contributed by atoms with E-state index in [1.807, 2.05) is 0 Å². The second kappa shape index (κ2) is 7.98. The van der Waals surface area contributed by atoms with Crippen LogP contribution in [0.4, 0.5) is 4.39 Å². The van der Waals surface area contributed by atoms with E-state index in [-0.39, 0.29) is 23.4 Å². The van der Waals surface area contributed by atoms with Gasteiger partial charge in [0.2, 0.25) is 4.77 Å². The molecule has 1 aliphatic rings. The number of hydrogen-bond donors (Lipinski definition) is 0. The first-order valence-corrected chi connectivity index (χ1v) is 11.0. The molecule has 9 heteroatoms. The Balaban J connectivity index is 1.84. The van der Waals surface area contributed by atoms with E-state index in [4.69, 9.17) is 12.2 Å². The Morgan fingerprint density at radius 3 is 2.81 bits per heavy atom. The Kier molecular flexibility index (Phi) is 5.89. The smallest absolute Gasteiger partial charge is 0.203 e. The van der Waals surface area contributed by atoms with Crippen molar-refractivity contribution in [2.75, 3.05) is 18.1 Å². The minimum Gasteiger partial charge on any atom is -0.280 e. The van der Waals surface area contributed by atoms with E-state index in [0.29, 0.717) is 23.5 Å². The molecule has 0 unspecified atom stereocenters. The average Bonchev–Trinajstić information content (AvgIpc) is 3.14. The zero-order chi connectivity index (χ0) is 18.7. The zero-order valence-electron chi connectivity index (χ0n) is 14.7. The SMILES string of the molecule is CCCCN(Cn1ncn(-c2ccccc2F)c1=S)[C@H]1CCS(=O)(=O)C1. The Labute approximate surface area is 158 Å². The van der Waals surface area contributed by atoms with Gasteiger partial charge < -0.3 is 0 Å². The lowest BCUT2D eigenvalue weighted by atomic mass is 10.2. The van der Waals surface area contributed by atoms with Gasteiger partial charge >= 0.3 is 0 Å². The number of unbranched alkanes of at least 4 members (excludes halogenated alkanes) is 1. The number of nitrogens with zero attached hydrogens (tertiary/aromatic N) is 4. The van der Waals surface area contributed by atoms with Gasteiger partial charge in [0.1, 0.15) is 12.1 Å². The molecule has 142 valence electrons. The number of rotatable bonds is 7. The highest BCUT2D eigenvalue weighted by atomic mass is 32.2. The Morgan fingerprint density at radius 1 is 1.38 bits per heavy atom. The molecule has 1 atom stereocenters. The predicted octanol–water partition coefficient (Wildman–Crippen LogP) is 2.79. The highest BCUT2D eigenvalue weighted by molar-refractivity contribution is 7.91. The molecule has 1 aromatic carbocycles. The summed E-state index contributed by atoms with van der Waals surface area (Å²) in [6.45, 7) is 3.29. The standard InChI is InChI=1S/C17H23FN4O2S2/c1-2-3-9-20(14-8-10-26(23,24)11-14)13-22-17(25)21(12-19-22)16-7-5-4-6-15(16)18/h4-7,12,14H,2-3,8-11,13H2,1H3/t14-/m0/s1. The quantitative estimate of drug-likeness (QED) is 0.671. The molecule has 0 spiro atoms. The highest BCUT2D eigenvalue weighted by Gasteiger charge is 2.32. The number of aromatic nitrogens is 3. The van der Waals surface area contributed by atoms with Gasteiger partial charge in [0.25, 0.3) is 0 Å². The van der Waals surface area contributed by atoms with Crippen molar-refractivity contribution in [3.05, 3.63) is 41.2 Å². The highest BCUT2D eigenvalue weighted by Crippen LogP contribution is 2.20. The predicted molar refractivity (Wildman–Crippen MR) is 101 cm³/mol. The number of benzene rings is 1. The third kappa shape index (κ3) is 4.21. The largest absolute Gasteiger partial charge is 0.280 e. The number of sulfone groups is 1. The van der Waals surface area contributed by atoms with Crippen molar-refractivity contribution in [2.45, 2.75) is 38.9 Å². The topological polar surface area (TPSA) is 60.1 Å². The van der Waals surface area contributed by atoms with Crippen LogP contribution >= 0.6 is 12.2 Å². The van der Waals surface area contributed by atoms with Gasteiger partial charge in [-0.05, 0) is 37.2 Å². The molecule has 0 saturated carbocycles. The second-order valence-corrected chi connectivity index (χ2v) is 9.19. The molecule has 0 aliphatic carbocycles. The molecule has 0 amide bonds. The van der Waals surface area contributed by atoms with E-state index in [0.717, 1.165) is 19.4 Å². The normalized spacial score (nSPS) is 19.3. The van der Waals surface area contributed by atoms with Gasteiger partial charge in [0.05, 0.1) is 23.9 Å². The number of halogens is 1. The Hall–Kier alpha value is -1.58. The van der Waals surface area contributed by atoms with Crippen LogP contribution in [0.25, 0.3) is 5.69 Å². The van der Waals surface area contributed by atoms with Crippen LogP contribution < -0.4 is 0 Å². The second-order valence-electron chi connectivity index (χ2n) is 6.60. The third-order valence-electron chi connectivity index (χ3n) is 4.68. The molecule has 0 bridgehead atoms. The van der Waals surface area contributed by atoms with Crippen molar-refractivity contribution in [3.8, 4) is 5.69 Å². The lowest BCUT2D eigenvalue weighted by molar-refractivity contribution is 0.152. The molecular formula is C17H23FN4O2S2. The lowest BCUT2D eigenvalue weighted by Gasteiger charge is -2.27.